The van der Waals surface area contributed by atoms with Gasteiger partial charge in [-0.25, -0.2) is 18.7 Å². The molecule has 1 unspecified atom stereocenters. The predicted octanol–water partition coefficient (Wildman–Crippen LogP) is 2.11. The van der Waals surface area contributed by atoms with Crippen LogP contribution in [-0.4, -0.2) is 23.0 Å². The molecule has 1 fully saturated rings. The van der Waals surface area contributed by atoms with Crippen LogP contribution in [0.2, 0.25) is 0 Å². The molecule has 6 heteroatoms. The number of halogens is 2. The first kappa shape index (κ1) is 12.2. The fourth-order valence-electron chi connectivity index (χ4n) is 2.11. The third-order valence-corrected chi connectivity index (χ3v) is 2.88. The van der Waals surface area contributed by atoms with E-state index < -0.39 is 5.92 Å². The molecule has 4 nitrogen and oxygen atoms in total. The fourth-order valence-corrected chi connectivity index (χ4v) is 2.11. The predicted molar refractivity (Wildman–Crippen MR) is 58.7 cm³/mol. The largest absolute Gasteiger partial charge is 0.384 e. The molecule has 1 aliphatic rings. The van der Waals surface area contributed by atoms with Crippen LogP contribution in [0.25, 0.3) is 0 Å². The highest BCUT2D eigenvalue weighted by Crippen LogP contribution is 2.43. The van der Waals surface area contributed by atoms with Crippen molar-refractivity contribution >= 4 is 5.82 Å². The van der Waals surface area contributed by atoms with Crippen LogP contribution in [0, 0.1) is 0 Å². The number of nitrogens with zero attached hydrogens (tertiary/aromatic N) is 2. The number of hydrogen-bond donors (Lipinski definition) is 1. The molecule has 0 aliphatic heterocycles. The minimum atomic E-state index is -2.60. The number of nitrogen functional groups attached to an aromatic ring is 1. The summed E-state index contributed by atoms with van der Waals surface area (Å²) in [5.41, 5.74) is 6.26. The maximum atomic E-state index is 13.1. The standard InChI is InChI=1S/C11H15F2N3O/c1-17-6-8-4-9(14)16-10(15-8)7-2-3-11(12,13)5-7/h4,7H,2-3,5-6H2,1H3,(H2,14,15,16). The van der Waals surface area contributed by atoms with E-state index in [0.717, 1.165) is 0 Å². The molecule has 94 valence electrons. The van der Waals surface area contributed by atoms with E-state index in [0.29, 0.717) is 30.4 Å². The Kier molecular flexibility index (Phi) is 3.24. The van der Waals surface area contributed by atoms with Gasteiger partial charge in [-0.05, 0) is 6.42 Å². The quantitative estimate of drug-likeness (QED) is 0.883. The van der Waals surface area contributed by atoms with Crippen LogP contribution >= 0.6 is 0 Å². The Morgan fingerprint density at radius 3 is 2.88 bits per heavy atom. The minimum Gasteiger partial charge on any atom is -0.384 e. The van der Waals surface area contributed by atoms with Gasteiger partial charge in [0.05, 0.1) is 12.3 Å². The molecule has 2 rings (SSSR count). The van der Waals surface area contributed by atoms with Crippen molar-refractivity contribution in [2.45, 2.75) is 37.7 Å². The Bertz CT molecular complexity index is 412. The SMILES string of the molecule is COCc1cc(N)nc(C2CCC(F)(F)C2)n1. The van der Waals surface area contributed by atoms with E-state index in [1.165, 1.54) is 0 Å². The van der Waals surface area contributed by atoms with E-state index >= 15 is 0 Å². The first-order chi connectivity index (χ1) is 8.00. The Morgan fingerprint density at radius 1 is 1.53 bits per heavy atom. The zero-order valence-electron chi connectivity index (χ0n) is 9.62. The number of nitrogens with two attached hydrogens (primary N) is 1. The summed E-state index contributed by atoms with van der Waals surface area (Å²) in [6.45, 7) is 0.308. The maximum absolute atomic E-state index is 13.1. The molecule has 1 aromatic rings. The summed E-state index contributed by atoms with van der Waals surface area (Å²) in [7, 11) is 1.54. The number of hydrogen-bond acceptors (Lipinski definition) is 4. The van der Waals surface area contributed by atoms with E-state index in [1.807, 2.05) is 0 Å². The van der Waals surface area contributed by atoms with Gasteiger partial charge in [0, 0.05) is 31.9 Å². The van der Waals surface area contributed by atoms with E-state index in [1.54, 1.807) is 13.2 Å². The summed E-state index contributed by atoms with van der Waals surface area (Å²) < 4.78 is 31.2. The molecular formula is C11H15F2N3O. The average molecular weight is 243 g/mol. The third-order valence-electron chi connectivity index (χ3n) is 2.88. The molecule has 1 aliphatic carbocycles. The highest BCUT2D eigenvalue weighted by Gasteiger charge is 2.41. The zero-order chi connectivity index (χ0) is 12.5. The molecule has 2 N–H and O–H groups in total. The zero-order valence-corrected chi connectivity index (χ0v) is 9.62. The van der Waals surface area contributed by atoms with Crippen LogP contribution in [0.1, 0.15) is 36.7 Å². The second-order valence-corrected chi connectivity index (χ2v) is 4.37. The summed E-state index contributed by atoms with van der Waals surface area (Å²) in [6, 6.07) is 1.60. The van der Waals surface area contributed by atoms with Crippen LogP contribution in [0.15, 0.2) is 6.07 Å². The molecule has 1 atom stereocenters. The highest BCUT2D eigenvalue weighted by molar-refractivity contribution is 5.30. The van der Waals surface area contributed by atoms with Gasteiger partial charge in [-0.15, -0.1) is 0 Å². The van der Waals surface area contributed by atoms with Gasteiger partial charge in [0.15, 0.2) is 0 Å². The summed E-state index contributed by atoms with van der Waals surface area (Å²) in [6.07, 6.45) is 0.112. The number of rotatable bonds is 3. The van der Waals surface area contributed by atoms with Gasteiger partial charge in [-0.3, -0.25) is 0 Å². The molecule has 1 aromatic heterocycles. The smallest absolute Gasteiger partial charge is 0.248 e. The summed E-state index contributed by atoms with van der Waals surface area (Å²) in [5, 5.41) is 0. The summed E-state index contributed by atoms with van der Waals surface area (Å²) >= 11 is 0. The molecular weight excluding hydrogens is 228 g/mol. The number of anilines is 1. The van der Waals surface area contributed by atoms with Gasteiger partial charge in [-0.2, -0.15) is 0 Å². The lowest BCUT2D eigenvalue weighted by Gasteiger charge is -2.11. The molecule has 17 heavy (non-hydrogen) atoms. The molecule has 0 spiro atoms. The van der Waals surface area contributed by atoms with Crippen molar-refractivity contribution in [3.63, 3.8) is 0 Å². The molecule has 1 heterocycles. The van der Waals surface area contributed by atoms with Crippen molar-refractivity contribution in [3.8, 4) is 0 Å². The van der Waals surface area contributed by atoms with Gasteiger partial charge in [0.25, 0.3) is 0 Å². The number of methoxy groups -OCH3 is 1. The normalized spacial score (nSPS) is 22.9. The van der Waals surface area contributed by atoms with Crippen molar-refractivity contribution < 1.29 is 13.5 Å². The van der Waals surface area contributed by atoms with Crippen LogP contribution in [0.5, 0.6) is 0 Å². The molecule has 0 amide bonds. The third kappa shape index (κ3) is 2.88. The van der Waals surface area contributed by atoms with Crippen molar-refractivity contribution in [1.29, 1.82) is 0 Å². The molecule has 0 saturated heterocycles. The Morgan fingerprint density at radius 2 is 2.29 bits per heavy atom. The average Bonchev–Trinajstić information content (AvgIpc) is 2.58. The Balaban J connectivity index is 2.21. The second kappa shape index (κ2) is 4.52. The molecule has 1 saturated carbocycles. The topological polar surface area (TPSA) is 61.0 Å². The number of aromatic nitrogens is 2. The lowest BCUT2D eigenvalue weighted by atomic mass is 10.1. The lowest BCUT2D eigenvalue weighted by Crippen LogP contribution is -2.11. The first-order valence-corrected chi connectivity index (χ1v) is 5.50. The van der Waals surface area contributed by atoms with Gasteiger partial charge in [0.1, 0.15) is 11.6 Å². The first-order valence-electron chi connectivity index (χ1n) is 5.50. The monoisotopic (exact) mass is 243 g/mol. The van der Waals surface area contributed by atoms with Gasteiger partial charge >= 0.3 is 0 Å². The van der Waals surface area contributed by atoms with Gasteiger partial charge < -0.3 is 10.5 Å². The second-order valence-electron chi connectivity index (χ2n) is 4.37. The van der Waals surface area contributed by atoms with Crippen molar-refractivity contribution in [2.75, 3.05) is 12.8 Å². The lowest BCUT2D eigenvalue weighted by molar-refractivity contribution is 0.00753. The van der Waals surface area contributed by atoms with Gasteiger partial charge in [-0.1, -0.05) is 0 Å². The van der Waals surface area contributed by atoms with E-state index in [2.05, 4.69) is 9.97 Å². The van der Waals surface area contributed by atoms with E-state index in [4.69, 9.17) is 10.5 Å². The molecule has 0 bridgehead atoms. The van der Waals surface area contributed by atoms with E-state index in [9.17, 15) is 8.78 Å². The van der Waals surface area contributed by atoms with Crippen LogP contribution in [0.3, 0.4) is 0 Å². The number of ether oxygens (including phenoxy) is 1. The minimum absolute atomic E-state index is 0.102. The number of alkyl halides is 2. The van der Waals surface area contributed by atoms with Crippen molar-refractivity contribution in [2.24, 2.45) is 0 Å². The highest BCUT2D eigenvalue weighted by atomic mass is 19.3. The van der Waals surface area contributed by atoms with E-state index in [-0.39, 0.29) is 18.8 Å². The summed E-state index contributed by atoms with van der Waals surface area (Å²) in [5.74, 6) is -2.18. The maximum Gasteiger partial charge on any atom is 0.248 e. The van der Waals surface area contributed by atoms with Crippen LogP contribution in [-0.2, 0) is 11.3 Å². The Labute approximate surface area is 98.2 Å². The Hall–Kier alpha value is -1.30. The van der Waals surface area contributed by atoms with Crippen molar-refractivity contribution in [1.82, 2.24) is 9.97 Å². The fraction of sp³-hybridized carbons (Fsp3) is 0.636. The molecule has 0 aromatic carbocycles. The van der Waals surface area contributed by atoms with Gasteiger partial charge in [0.2, 0.25) is 5.92 Å². The van der Waals surface area contributed by atoms with Crippen LogP contribution < -0.4 is 5.73 Å². The van der Waals surface area contributed by atoms with Crippen molar-refractivity contribution in [3.05, 3.63) is 17.6 Å². The summed E-state index contributed by atoms with van der Waals surface area (Å²) in [4.78, 5) is 8.26. The molecule has 0 radical (unpaired) electrons. The van der Waals surface area contributed by atoms with Crippen LogP contribution in [0.4, 0.5) is 14.6 Å².